The molecule has 208 valence electrons. The zero-order valence-corrected chi connectivity index (χ0v) is 24.1. The van der Waals surface area contributed by atoms with E-state index in [1.807, 2.05) is 36.4 Å². The number of hydrogen-bond donors (Lipinski definition) is 2. The second-order valence-corrected chi connectivity index (χ2v) is 9.27. The molecule has 2 aromatic heterocycles. The fourth-order valence-electron chi connectivity index (χ4n) is 4.02. The van der Waals surface area contributed by atoms with Gasteiger partial charge < -0.3 is 10.4 Å². The maximum atomic E-state index is 9.00. The van der Waals surface area contributed by atoms with Gasteiger partial charge in [-0.3, -0.25) is 9.97 Å². The Kier molecular flexibility index (Phi) is 23.9. The van der Waals surface area contributed by atoms with Crippen LogP contribution in [0.15, 0.2) is 59.1 Å². The first-order valence-corrected chi connectivity index (χ1v) is 14.0. The van der Waals surface area contributed by atoms with E-state index in [2.05, 4.69) is 34.1 Å². The van der Waals surface area contributed by atoms with E-state index < -0.39 is 0 Å². The molecule has 2 heterocycles. The molecule has 0 saturated carbocycles. The molecule has 0 aromatic carbocycles. The quantitative estimate of drug-likeness (QED) is 0.0636. The third kappa shape index (κ3) is 17.8. The van der Waals surface area contributed by atoms with Gasteiger partial charge in [0.2, 0.25) is 0 Å². The minimum Gasteiger partial charge on any atom is -0.411 e. The summed E-state index contributed by atoms with van der Waals surface area (Å²) in [7, 11) is 0. The van der Waals surface area contributed by atoms with E-state index in [4.69, 9.17) is 10.4 Å². The van der Waals surface area contributed by atoms with Crippen molar-refractivity contribution in [2.24, 2.45) is 10.3 Å². The number of unbranched alkanes of at least 4 members (excludes halogenated alkanes) is 12. The van der Waals surface area contributed by atoms with Crippen LogP contribution < -0.4 is 0 Å². The monoisotopic (exact) mass is 552 g/mol. The molecule has 0 fully saturated rings. The van der Waals surface area contributed by atoms with E-state index in [0.29, 0.717) is 11.4 Å². The second kappa shape index (κ2) is 25.4. The van der Waals surface area contributed by atoms with Crippen molar-refractivity contribution in [1.29, 1.82) is 0 Å². The fraction of sp³-hybridized carbons (Fsp3) is 0.600. The molecule has 0 saturated heterocycles. The van der Waals surface area contributed by atoms with Crippen LogP contribution in [0.25, 0.3) is 0 Å². The van der Waals surface area contributed by atoms with E-state index in [9.17, 15) is 0 Å². The van der Waals surface area contributed by atoms with Crippen molar-refractivity contribution in [2.75, 3.05) is 0 Å². The molecular formula is C30H48FeN4O2. The smallest absolute Gasteiger partial charge is 0.105 e. The average molecular weight is 553 g/mol. The third-order valence-corrected chi connectivity index (χ3v) is 6.20. The van der Waals surface area contributed by atoms with Crippen molar-refractivity contribution in [1.82, 2.24) is 9.97 Å². The Labute approximate surface area is 235 Å². The minimum atomic E-state index is 0. The molecule has 0 unspecified atom stereocenters. The van der Waals surface area contributed by atoms with E-state index >= 15 is 0 Å². The third-order valence-electron chi connectivity index (χ3n) is 6.20. The van der Waals surface area contributed by atoms with Crippen LogP contribution in [-0.2, 0) is 17.1 Å². The van der Waals surface area contributed by atoms with Crippen molar-refractivity contribution in [3.63, 3.8) is 0 Å². The summed E-state index contributed by atoms with van der Waals surface area (Å²) in [4.78, 5) is 8.40. The number of hydrogen-bond acceptors (Lipinski definition) is 6. The van der Waals surface area contributed by atoms with Crippen molar-refractivity contribution in [2.45, 2.75) is 117 Å². The maximum absolute atomic E-state index is 9.00. The van der Waals surface area contributed by atoms with Gasteiger partial charge in [0.1, 0.15) is 11.4 Å². The molecular weight excluding hydrogens is 504 g/mol. The summed E-state index contributed by atoms with van der Waals surface area (Å²) in [5.74, 6) is 0. The summed E-state index contributed by atoms with van der Waals surface area (Å²) in [5.41, 5.74) is 2.96. The van der Waals surface area contributed by atoms with Crippen LogP contribution in [0.3, 0.4) is 0 Å². The fourth-order valence-corrected chi connectivity index (χ4v) is 4.02. The number of rotatable bonds is 18. The largest absolute Gasteiger partial charge is 0.411 e. The van der Waals surface area contributed by atoms with Crippen molar-refractivity contribution in [3.8, 4) is 0 Å². The molecule has 2 N–H and O–H groups in total. The average Bonchev–Trinajstić information content (AvgIpc) is 2.93. The Morgan fingerprint density at radius 1 is 0.568 bits per heavy atom. The Hall–Kier alpha value is -2.24. The SMILES string of the molecule is CCCCCCCCC/C(=N\O)c1ccccn1.CCCCCCCCC/C(=N\O)c1ccccn1.[Fe]. The standard InChI is InChI=1S/2C15H24N2O.Fe/c2*1-2-3-4-5-6-7-8-12-15(17-18)14-11-9-10-13-16-14;/h2*9-11,13,18H,2-8,12H2,1H3;/b2*17-15+;. The summed E-state index contributed by atoms with van der Waals surface area (Å²) >= 11 is 0. The second-order valence-electron chi connectivity index (χ2n) is 9.27. The van der Waals surface area contributed by atoms with Gasteiger partial charge in [0.25, 0.3) is 0 Å². The van der Waals surface area contributed by atoms with Gasteiger partial charge in [0.05, 0.1) is 11.4 Å². The van der Waals surface area contributed by atoms with Gasteiger partial charge >= 0.3 is 0 Å². The number of oxime groups is 2. The molecule has 0 bridgehead atoms. The molecule has 2 aromatic rings. The number of pyridine rings is 2. The van der Waals surface area contributed by atoms with Crippen LogP contribution in [0.5, 0.6) is 0 Å². The molecule has 0 atom stereocenters. The molecule has 0 aliphatic carbocycles. The van der Waals surface area contributed by atoms with Gasteiger partial charge in [-0.2, -0.15) is 0 Å². The topological polar surface area (TPSA) is 91.0 Å². The zero-order chi connectivity index (χ0) is 26.1. The minimum absolute atomic E-state index is 0. The van der Waals surface area contributed by atoms with Crippen molar-refractivity contribution < 1.29 is 27.5 Å². The van der Waals surface area contributed by atoms with E-state index in [0.717, 1.165) is 37.1 Å². The molecule has 0 spiro atoms. The van der Waals surface area contributed by atoms with Gasteiger partial charge in [-0.05, 0) is 49.9 Å². The summed E-state index contributed by atoms with van der Waals surface area (Å²) in [5, 5.41) is 24.7. The predicted octanol–water partition coefficient (Wildman–Crippen LogP) is 8.80. The first-order chi connectivity index (χ1) is 17.8. The van der Waals surface area contributed by atoms with Gasteiger partial charge in [-0.1, -0.05) is 113 Å². The Bertz CT molecular complexity index is 747. The Morgan fingerprint density at radius 3 is 1.22 bits per heavy atom. The van der Waals surface area contributed by atoms with E-state index in [1.165, 1.54) is 77.0 Å². The number of nitrogens with zero attached hydrogens (tertiary/aromatic N) is 4. The molecule has 0 aliphatic rings. The van der Waals surface area contributed by atoms with Gasteiger partial charge in [-0.15, -0.1) is 0 Å². The maximum Gasteiger partial charge on any atom is 0.105 e. The summed E-state index contributed by atoms with van der Waals surface area (Å²) in [6, 6.07) is 11.3. The Balaban J connectivity index is 0.000000682. The van der Waals surface area contributed by atoms with Crippen LogP contribution in [0.1, 0.15) is 128 Å². The van der Waals surface area contributed by atoms with Gasteiger partial charge in [-0.25, -0.2) is 0 Å². The summed E-state index contributed by atoms with van der Waals surface area (Å²) < 4.78 is 0. The molecule has 0 aliphatic heterocycles. The van der Waals surface area contributed by atoms with Crippen LogP contribution >= 0.6 is 0 Å². The van der Waals surface area contributed by atoms with Crippen LogP contribution in [-0.4, -0.2) is 31.8 Å². The van der Waals surface area contributed by atoms with Crippen LogP contribution in [0, 0.1) is 0 Å². The predicted molar refractivity (Wildman–Crippen MR) is 150 cm³/mol. The molecule has 2 rings (SSSR count). The molecule has 0 amide bonds. The summed E-state index contributed by atoms with van der Waals surface area (Å²) in [6.07, 6.45) is 22.8. The van der Waals surface area contributed by atoms with Crippen molar-refractivity contribution >= 4 is 11.4 Å². The molecule has 6 nitrogen and oxygen atoms in total. The van der Waals surface area contributed by atoms with Crippen LogP contribution in [0.4, 0.5) is 0 Å². The van der Waals surface area contributed by atoms with Crippen molar-refractivity contribution in [3.05, 3.63) is 60.2 Å². The first-order valence-electron chi connectivity index (χ1n) is 14.0. The van der Waals surface area contributed by atoms with E-state index in [-0.39, 0.29) is 17.1 Å². The Morgan fingerprint density at radius 2 is 0.919 bits per heavy atom. The van der Waals surface area contributed by atoms with Gasteiger partial charge in [0.15, 0.2) is 0 Å². The number of aromatic nitrogens is 2. The summed E-state index contributed by atoms with van der Waals surface area (Å²) in [6.45, 7) is 4.47. The normalized spacial score (nSPS) is 11.4. The van der Waals surface area contributed by atoms with E-state index in [1.54, 1.807) is 12.4 Å². The zero-order valence-electron chi connectivity index (χ0n) is 23.0. The first kappa shape index (κ1) is 34.8. The van der Waals surface area contributed by atoms with Gasteiger partial charge in [0, 0.05) is 29.5 Å². The molecule has 0 radical (unpaired) electrons. The molecule has 7 heteroatoms. The molecule has 37 heavy (non-hydrogen) atoms. The van der Waals surface area contributed by atoms with Crippen LogP contribution in [0.2, 0.25) is 0 Å².